The van der Waals surface area contributed by atoms with Gasteiger partial charge in [-0.3, -0.25) is 19.7 Å². The van der Waals surface area contributed by atoms with Gasteiger partial charge in [0.05, 0.1) is 12.0 Å². The van der Waals surface area contributed by atoms with Gasteiger partial charge in [0.2, 0.25) is 5.91 Å². The molecule has 30 heavy (non-hydrogen) atoms. The van der Waals surface area contributed by atoms with Crippen LogP contribution in [-0.2, 0) is 9.59 Å². The van der Waals surface area contributed by atoms with E-state index in [9.17, 15) is 19.7 Å². The van der Waals surface area contributed by atoms with Crippen molar-refractivity contribution in [1.82, 2.24) is 5.32 Å². The zero-order chi connectivity index (χ0) is 21.4. The van der Waals surface area contributed by atoms with Crippen molar-refractivity contribution in [3.63, 3.8) is 0 Å². The number of nitro groups is 1. The van der Waals surface area contributed by atoms with E-state index < -0.39 is 10.8 Å². The third-order valence-electron chi connectivity index (χ3n) is 5.67. The van der Waals surface area contributed by atoms with Crippen LogP contribution in [0.4, 0.5) is 5.69 Å². The number of halogens is 1. The number of Topliss-reactive ketones (excluding diaryl/α,β-unsaturated/α-hetero) is 1. The minimum Gasteiger partial charge on any atom is -0.497 e. The number of ether oxygens (including phenoxy) is 1. The van der Waals surface area contributed by atoms with E-state index in [0.717, 1.165) is 5.56 Å². The minimum absolute atomic E-state index is 0.0197. The largest absolute Gasteiger partial charge is 0.497 e. The van der Waals surface area contributed by atoms with Gasteiger partial charge in [0, 0.05) is 36.1 Å². The number of nitrogens with one attached hydrogen (secondary N) is 1. The van der Waals surface area contributed by atoms with E-state index in [-0.39, 0.29) is 34.7 Å². The molecule has 2 aliphatic rings. The van der Waals surface area contributed by atoms with Crippen molar-refractivity contribution in [1.29, 1.82) is 0 Å². The van der Waals surface area contributed by atoms with Gasteiger partial charge in [0.15, 0.2) is 5.78 Å². The standard InChI is InChI=1S/C22H19ClN2O5/c1-30-15-4-2-3-12(7-15)14-8-18-22(20(26)10-14)16(11-21(27)24-18)13-5-6-17(23)19(9-13)25(28)29/h2-7,9,14,16H,8,10-11H2,1H3,(H,24,27). The van der Waals surface area contributed by atoms with Crippen molar-refractivity contribution in [2.45, 2.75) is 31.1 Å². The van der Waals surface area contributed by atoms with Crippen LogP contribution >= 0.6 is 11.6 Å². The molecule has 2 aromatic rings. The molecular weight excluding hydrogens is 408 g/mol. The Labute approximate surface area is 177 Å². The zero-order valence-electron chi connectivity index (χ0n) is 16.2. The van der Waals surface area contributed by atoms with E-state index in [4.69, 9.17) is 16.3 Å². The summed E-state index contributed by atoms with van der Waals surface area (Å²) in [4.78, 5) is 36.3. The fraction of sp³-hybridized carbons (Fsp3) is 0.273. The highest BCUT2D eigenvalue weighted by atomic mass is 35.5. The Balaban J connectivity index is 1.72. The predicted molar refractivity (Wildman–Crippen MR) is 111 cm³/mol. The summed E-state index contributed by atoms with van der Waals surface area (Å²) in [6.45, 7) is 0. The van der Waals surface area contributed by atoms with Crippen LogP contribution in [0, 0.1) is 10.1 Å². The number of nitrogens with zero attached hydrogens (tertiary/aromatic N) is 1. The topological polar surface area (TPSA) is 98.5 Å². The summed E-state index contributed by atoms with van der Waals surface area (Å²) in [6, 6.07) is 12.0. The average Bonchev–Trinajstić information content (AvgIpc) is 2.73. The lowest BCUT2D eigenvalue weighted by atomic mass is 9.73. The lowest BCUT2D eigenvalue weighted by Crippen LogP contribution is -2.38. The van der Waals surface area contributed by atoms with Gasteiger partial charge < -0.3 is 10.1 Å². The van der Waals surface area contributed by atoms with Gasteiger partial charge in [-0.25, -0.2) is 0 Å². The van der Waals surface area contributed by atoms with Gasteiger partial charge in [-0.2, -0.15) is 0 Å². The van der Waals surface area contributed by atoms with Gasteiger partial charge in [-0.15, -0.1) is 0 Å². The molecule has 0 spiro atoms. The molecule has 4 rings (SSSR count). The number of carbonyl (C=O) groups excluding carboxylic acids is 2. The molecular formula is C22H19ClN2O5. The fourth-order valence-corrected chi connectivity index (χ4v) is 4.45. The summed E-state index contributed by atoms with van der Waals surface area (Å²) >= 11 is 5.93. The van der Waals surface area contributed by atoms with Crippen LogP contribution in [0.3, 0.4) is 0 Å². The zero-order valence-corrected chi connectivity index (χ0v) is 16.9. The van der Waals surface area contributed by atoms with Crippen molar-refractivity contribution in [3.05, 3.63) is 80.0 Å². The molecule has 1 heterocycles. The number of nitro benzene ring substituents is 1. The lowest BCUT2D eigenvalue weighted by molar-refractivity contribution is -0.384. The average molecular weight is 427 g/mol. The first-order chi connectivity index (χ1) is 14.4. The fourth-order valence-electron chi connectivity index (χ4n) is 4.26. The number of ketones is 1. The number of benzene rings is 2. The molecule has 2 atom stereocenters. The van der Waals surface area contributed by atoms with E-state index in [1.807, 2.05) is 24.3 Å². The first-order valence-corrected chi connectivity index (χ1v) is 9.89. The lowest BCUT2D eigenvalue weighted by Gasteiger charge is -2.34. The van der Waals surface area contributed by atoms with E-state index in [1.165, 1.54) is 12.1 Å². The van der Waals surface area contributed by atoms with Crippen molar-refractivity contribution < 1.29 is 19.2 Å². The Hall–Kier alpha value is -3.19. The van der Waals surface area contributed by atoms with Gasteiger partial charge in [0.25, 0.3) is 5.69 Å². The number of carbonyl (C=O) groups is 2. The van der Waals surface area contributed by atoms with Crippen LogP contribution in [0.15, 0.2) is 53.7 Å². The molecule has 154 valence electrons. The SMILES string of the molecule is COc1cccc(C2CC(=O)C3=C(C2)NC(=O)CC3c2ccc(Cl)c([N+](=O)[O-])c2)c1. The second-order valence-corrected chi connectivity index (χ2v) is 7.88. The van der Waals surface area contributed by atoms with Gasteiger partial charge in [-0.05, 0) is 41.7 Å². The number of allylic oxidation sites excluding steroid dienone is 2. The van der Waals surface area contributed by atoms with Crippen LogP contribution in [0.25, 0.3) is 0 Å². The second-order valence-electron chi connectivity index (χ2n) is 7.47. The van der Waals surface area contributed by atoms with Crippen molar-refractivity contribution in [2.24, 2.45) is 0 Å². The summed E-state index contributed by atoms with van der Waals surface area (Å²) in [5, 5.41) is 14.1. The van der Waals surface area contributed by atoms with E-state index in [1.54, 1.807) is 13.2 Å². The molecule has 7 nitrogen and oxygen atoms in total. The Bertz CT molecular complexity index is 1090. The Morgan fingerprint density at radius 1 is 1.10 bits per heavy atom. The van der Waals surface area contributed by atoms with Crippen molar-refractivity contribution in [3.8, 4) is 5.75 Å². The molecule has 8 heteroatoms. The van der Waals surface area contributed by atoms with Crippen LogP contribution in [0.1, 0.15) is 42.2 Å². The van der Waals surface area contributed by atoms with Crippen LogP contribution in [0.5, 0.6) is 5.75 Å². The Morgan fingerprint density at radius 2 is 1.90 bits per heavy atom. The smallest absolute Gasteiger partial charge is 0.288 e. The molecule has 1 aliphatic carbocycles. The Morgan fingerprint density at radius 3 is 2.63 bits per heavy atom. The van der Waals surface area contributed by atoms with Gasteiger partial charge in [0.1, 0.15) is 10.8 Å². The van der Waals surface area contributed by atoms with E-state index in [2.05, 4.69) is 5.32 Å². The van der Waals surface area contributed by atoms with Crippen molar-refractivity contribution in [2.75, 3.05) is 7.11 Å². The molecule has 0 radical (unpaired) electrons. The number of hydrogen-bond acceptors (Lipinski definition) is 5. The number of amides is 1. The van der Waals surface area contributed by atoms with Crippen LogP contribution in [-0.4, -0.2) is 23.7 Å². The highest BCUT2D eigenvalue weighted by molar-refractivity contribution is 6.32. The minimum atomic E-state index is -0.564. The second kappa shape index (κ2) is 7.91. The third kappa shape index (κ3) is 3.68. The molecule has 1 N–H and O–H groups in total. The molecule has 2 aromatic carbocycles. The molecule has 1 aliphatic heterocycles. The molecule has 2 unspecified atom stereocenters. The molecule has 0 bridgehead atoms. The maximum Gasteiger partial charge on any atom is 0.288 e. The number of hydrogen-bond donors (Lipinski definition) is 1. The summed E-state index contributed by atoms with van der Waals surface area (Å²) in [5.74, 6) is -0.172. The van der Waals surface area contributed by atoms with Gasteiger partial charge in [-0.1, -0.05) is 29.8 Å². The van der Waals surface area contributed by atoms with Crippen LogP contribution in [0.2, 0.25) is 5.02 Å². The third-order valence-corrected chi connectivity index (χ3v) is 5.99. The monoisotopic (exact) mass is 426 g/mol. The number of rotatable bonds is 4. The molecule has 0 fully saturated rings. The molecule has 0 saturated heterocycles. The first-order valence-electron chi connectivity index (χ1n) is 9.51. The summed E-state index contributed by atoms with van der Waals surface area (Å²) in [7, 11) is 1.59. The predicted octanol–water partition coefficient (Wildman–Crippen LogP) is 4.26. The quantitative estimate of drug-likeness (QED) is 0.581. The molecule has 0 aromatic heterocycles. The maximum atomic E-state index is 13.1. The summed E-state index contributed by atoms with van der Waals surface area (Å²) in [5.41, 5.74) is 2.40. The van der Waals surface area contributed by atoms with Crippen molar-refractivity contribution >= 4 is 29.0 Å². The molecule has 1 amide bonds. The number of methoxy groups -OCH3 is 1. The summed E-state index contributed by atoms with van der Waals surface area (Å²) in [6.07, 6.45) is 0.868. The molecule has 0 saturated carbocycles. The van der Waals surface area contributed by atoms with E-state index >= 15 is 0 Å². The highest BCUT2D eigenvalue weighted by Gasteiger charge is 2.38. The van der Waals surface area contributed by atoms with Gasteiger partial charge >= 0.3 is 0 Å². The van der Waals surface area contributed by atoms with Crippen LogP contribution < -0.4 is 10.1 Å². The normalized spacial score (nSPS) is 21.1. The summed E-state index contributed by atoms with van der Waals surface area (Å²) < 4.78 is 5.28. The Kier molecular flexibility index (Phi) is 5.30. The maximum absolute atomic E-state index is 13.1. The first kappa shape index (κ1) is 20.1. The highest BCUT2D eigenvalue weighted by Crippen LogP contribution is 2.44. The van der Waals surface area contributed by atoms with E-state index in [0.29, 0.717) is 35.4 Å².